The molecule has 1 N–H and O–H groups in total. The van der Waals surface area contributed by atoms with Crippen LogP contribution in [0.3, 0.4) is 0 Å². The fourth-order valence-electron chi connectivity index (χ4n) is 1.41. The highest BCUT2D eigenvalue weighted by atomic mass is 35.5. The van der Waals surface area contributed by atoms with Gasteiger partial charge < -0.3 is 5.32 Å². The molecule has 1 heterocycles. The number of halogens is 1. The van der Waals surface area contributed by atoms with Crippen molar-refractivity contribution in [2.45, 2.75) is 13.1 Å². The molecule has 1 atom stereocenters. The molecule has 1 aliphatic heterocycles. The normalized spacial score (nSPS) is 19.4. The summed E-state index contributed by atoms with van der Waals surface area (Å²) < 4.78 is 0. The molecule has 0 aliphatic carbocycles. The van der Waals surface area contributed by atoms with Crippen molar-refractivity contribution in [1.82, 2.24) is 5.32 Å². The molecule has 1 unspecified atom stereocenters. The molecular weight excluding hydrogens is 196 g/mol. The van der Waals surface area contributed by atoms with Crippen LogP contribution in [0.25, 0.3) is 0 Å². The monoisotopic (exact) mass is 206 g/mol. The zero-order valence-electron chi connectivity index (χ0n) is 7.87. The number of nitrogens with zero attached hydrogens (tertiary/aromatic N) is 1. The Bertz CT molecular complexity index is 396. The van der Waals surface area contributed by atoms with Crippen molar-refractivity contribution in [1.29, 1.82) is 0 Å². The average Bonchev–Trinajstić information content (AvgIpc) is 2.23. The van der Waals surface area contributed by atoms with E-state index in [1.807, 2.05) is 31.3 Å². The molecule has 0 amide bonds. The summed E-state index contributed by atoms with van der Waals surface area (Å²) in [5.74, 6) is 0. The summed E-state index contributed by atoms with van der Waals surface area (Å²) in [6, 6.07) is 5.95. The number of aliphatic imine (C=N–C) groups is 1. The van der Waals surface area contributed by atoms with Crippen LogP contribution in [-0.2, 0) is 0 Å². The summed E-state index contributed by atoms with van der Waals surface area (Å²) in [4.78, 5) is 4.29. The van der Waals surface area contributed by atoms with Crippen LogP contribution in [-0.4, -0.2) is 6.21 Å². The maximum absolute atomic E-state index is 6.09. The summed E-state index contributed by atoms with van der Waals surface area (Å²) >= 11 is 6.09. The van der Waals surface area contributed by atoms with E-state index in [2.05, 4.69) is 16.4 Å². The minimum Gasteiger partial charge on any atom is -0.366 e. The van der Waals surface area contributed by atoms with Gasteiger partial charge in [0.2, 0.25) is 0 Å². The third-order valence-electron chi connectivity index (χ3n) is 2.12. The highest BCUT2D eigenvalue weighted by molar-refractivity contribution is 6.31. The number of nitrogens with one attached hydrogen (secondary N) is 1. The Morgan fingerprint density at radius 1 is 1.43 bits per heavy atom. The molecule has 2 rings (SSSR count). The van der Waals surface area contributed by atoms with Crippen molar-refractivity contribution in [2.24, 2.45) is 4.99 Å². The number of aryl methyl sites for hydroxylation is 1. The summed E-state index contributed by atoms with van der Waals surface area (Å²) in [5.41, 5.74) is 2.21. The highest BCUT2D eigenvalue weighted by Gasteiger charge is 2.12. The molecule has 3 heteroatoms. The van der Waals surface area contributed by atoms with Gasteiger partial charge in [0.25, 0.3) is 0 Å². The van der Waals surface area contributed by atoms with E-state index in [9.17, 15) is 0 Å². The van der Waals surface area contributed by atoms with E-state index in [4.69, 9.17) is 11.6 Å². The lowest BCUT2D eigenvalue weighted by atomic mass is 10.1. The van der Waals surface area contributed by atoms with Gasteiger partial charge in [-0.15, -0.1) is 0 Å². The van der Waals surface area contributed by atoms with Gasteiger partial charge in [0, 0.05) is 16.8 Å². The van der Waals surface area contributed by atoms with E-state index >= 15 is 0 Å². The smallest absolute Gasteiger partial charge is 0.145 e. The number of allylic oxidation sites excluding steroid dienone is 1. The highest BCUT2D eigenvalue weighted by Crippen LogP contribution is 2.25. The number of hydrogen-bond acceptors (Lipinski definition) is 2. The van der Waals surface area contributed by atoms with Gasteiger partial charge in [0.1, 0.15) is 6.17 Å². The summed E-state index contributed by atoms with van der Waals surface area (Å²) in [5, 5.41) is 3.89. The van der Waals surface area contributed by atoms with E-state index in [0.717, 1.165) is 10.6 Å². The number of rotatable bonds is 1. The van der Waals surface area contributed by atoms with E-state index in [1.165, 1.54) is 5.56 Å². The van der Waals surface area contributed by atoms with E-state index in [-0.39, 0.29) is 6.17 Å². The minimum absolute atomic E-state index is 0.0487. The quantitative estimate of drug-likeness (QED) is 0.751. The average molecular weight is 207 g/mol. The van der Waals surface area contributed by atoms with Crippen molar-refractivity contribution in [3.8, 4) is 0 Å². The Labute approximate surface area is 88.3 Å². The van der Waals surface area contributed by atoms with Crippen LogP contribution >= 0.6 is 11.6 Å². The Morgan fingerprint density at radius 2 is 2.29 bits per heavy atom. The third-order valence-corrected chi connectivity index (χ3v) is 2.46. The lowest BCUT2D eigenvalue weighted by Gasteiger charge is -2.17. The fraction of sp³-hybridized carbons (Fsp3) is 0.182. The third kappa shape index (κ3) is 1.80. The minimum atomic E-state index is -0.0487. The molecule has 14 heavy (non-hydrogen) atoms. The summed E-state index contributed by atoms with van der Waals surface area (Å²) in [6.45, 7) is 2.04. The first-order chi connectivity index (χ1) is 6.77. The molecule has 0 fully saturated rings. The van der Waals surface area contributed by atoms with Crippen LogP contribution in [0.2, 0.25) is 5.02 Å². The first-order valence-corrected chi connectivity index (χ1v) is 4.85. The molecule has 0 bridgehead atoms. The van der Waals surface area contributed by atoms with Gasteiger partial charge in [-0.3, -0.25) is 4.99 Å². The van der Waals surface area contributed by atoms with Gasteiger partial charge in [0.05, 0.1) is 0 Å². The molecule has 1 aliphatic rings. The van der Waals surface area contributed by atoms with Crippen LogP contribution in [0.5, 0.6) is 0 Å². The van der Waals surface area contributed by atoms with Crippen molar-refractivity contribution >= 4 is 17.8 Å². The second-order valence-electron chi connectivity index (χ2n) is 3.25. The predicted octanol–water partition coefficient (Wildman–Crippen LogP) is 2.83. The summed E-state index contributed by atoms with van der Waals surface area (Å²) in [6.07, 6.45) is 5.46. The van der Waals surface area contributed by atoms with Crippen molar-refractivity contribution in [3.63, 3.8) is 0 Å². The maximum Gasteiger partial charge on any atom is 0.145 e. The van der Waals surface area contributed by atoms with E-state index in [0.29, 0.717) is 0 Å². The van der Waals surface area contributed by atoms with Crippen LogP contribution < -0.4 is 5.32 Å². The summed E-state index contributed by atoms with van der Waals surface area (Å²) in [7, 11) is 0. The Morgan fingerprint density at radius 3 is 3.00 bits per heavy atom. The zero-order chi connectivity index (χ0) is 9.97. The van der Waals surface area contributed by atoms with Crippen molar-refractivity contribution < 1.29 is 0 Å². The van der Waals surface area contributed by atoms with Crippen LogP contribution in [0.1, 0.15) is 17.3 Å². The van der Waals surface area contributed by atoms with Gasteiger partial charge in [-0.25, -0.2) is 0 Å². The first kappa shape index (κ1) is 9.28. The number of hydrogen-bond donors (Lipinski definition) is 1. The number of benzene rings is 1. The van der Waals surface area contributed by atoms with E-state index < -0.39 is 0 Å². The van der Waals surface area contributed by atoms with Crippen LogP contribution in [0, 0.1) is 6.92 Å². The second kappa shape index (κ2) is 3.84. The van der Waals surface area contributed by atoms with E-state index in [1.54, 1.807) is 6.21 Å². The molecule has 0 saturated heterocycles. The molecule has 1 aromatic rings. The molecule has 0 radical (unpaired) electrons. The standard InChI is InChI=1S/C11H11ClN2/c1-8-3-4-10(12)9(7-8)11-13-5-2-6-14-11/h2-7,11,13H,1H3. The lowest BCUT2D eigenvalue weighted by Crippen LogP contribution is -2.16. The second-order valence-corrected chi connectivity index (χ2v) is 3.66. The molecule has 0 spiro atoms. The fourth-order valence-corrected chi connectivity index (χ4v) is 1.63. The largest absolute Gasteiger partial charge is 0.366 e. The molecule has 2 nitrogen and oxygen atoms in total. The first-order valence-electron chi connectivity index (χ1n) is 4.48. The van der Waals surface area contributed by atoms with Crippen LogP contribution in [0.15, 0.2) is 35.5 Å². The maximum atomic E-state index is 6.09. The SMILES string of the molecule is Cc1ccc(Cl)c(C2N=CC=CN2)c1. The molecular formula is C11H11ClN2. The predicted molar refractivity (Wildman–Crippen MR) is 59.7 cm³/mol. The lowest BCUT2D eigenvalue weighted by molar-refractivity contribution is 0.653. The van der Waals surface area contributed by atoms with Gasteiger partial charge in [-0.1, -0.05) is 29.3 Å². The van der Waals surface area contributed by atoms with Gasteiger partial charge in [0.15, 0.2) is 0 Å². The molecule has 72 valence electrons. The molecule has 0 aromatic heterocycles. The Kier molecular flexibility index (Phi) is 2.55. The van der Waals surface area contributed by atoms with Gasteiger partial charge in [-0.05, 0) is 25.3 Å². The molecule has 0 saturated carbocycles. The van der Waals surface area contributed by atoms with Crippen molar-refractivity contribution in [2.75, 3.05) is 0 Å². The van der Waals surface area contributed by atoms with Gasteiger partial charge in [-0.2, -0.15) is 0 Å². The Balaban J connectivity index is 2.35. The van der Waals surface area contributed by atoms with Crippen LogP contribution in [0.4, 0.5) is 0 Å². The molecule has 1 aromatic carbocycles. The van der Waals surface area contributed by atoms with Crippen molar-refractivity contribution in [3.05, 3.63) is 46.6 Å². The topological polar surface area (TPSA) is 24.4 Å². The Hall–Kier alpha value is -1.28. The van der Waals surface area contributed by atoms with Gasteiger partial charge >= 0.3 is 0 Å². The zero-order valence-corrected chi connectivity index (χ0v) is 8.62.